The van der Waals surface area contributed by atoms with Crippen molar-refractivity contribution in [3.63, 3.8) is 0 Å². The van der Waals surface area contributed by atoms with Crippen molar-refractivity contribution in [2.75, 3.05) is 34.2 Å². The Balaban J connectivity index is 2.04. The molecule has 1 heterocycles. The largest absolute Gasteiger partial charge is 0.356 e. The first kappa shape index (κ1) is 21.0. The number of benzene rings is 1. The van der Waals surface area contributed by atoms with E-state index < -0.39 is 0 Å². The Morgan fingerprint density at radius 1 is 1.19 bits per heavy atom. The van der Waals surface area contributed by atoms with Crippen LogP contribution in [0.25, 0.3) is 5.69 Å². The first-order valence-corrected chi connectivity index (χ1v) is 9.42. The van der Waals surface area contributed by atoms with E-state index in [0.717, 1.165) is 36.1 Å². The third-order valence-corrected chi connectivity index (χ3v) is 4.38. The number of nitrogens with zero attached hydrogens (tertiary/aromatic N) is 4. The summed E-state index contributed by atoms with van der Waals surface area (Å²) < 4.78 is 2.00. The summed E-state index contributed by atoms with van der Waals surface area (Å²) in [5.41, 5.74) is 4.59. The molecular formula is C21H34N6. The minimum atomic E-state index is 0.155. The Kier molecular flexibility index (Phi) is 7.02. The van der Waals surface area contributed by atoms with Gasteiger partial charge in [-0.1, -0.05) is 32.0 Å². The summed E-state index contributed by atoms with van der Waals surface area (Å²) in [6.45, 7) is 11.2. The maximum Gasteiger partial charge on any atom is 0.191 e. The van der Waals surface area contributed by atoms with Gasteiger partial charge >= 0.3 is 0 Å². The fourth-order valence-corrected chi connectivity index (χ4v) is 3.37. The molecule has 0 fully saturated rings. The van der Waals surface area contributed by atoms with Crippen LogP contribution in [0.2, 0.25) is 0 Å². The molecule has 0 aliphatic heterocycles. The molecule has 2 N–H and O–H groups in total. The molecule has 0 amide bonds. The highest BCUT2D eigenvalue weighted by atomic mass is 15.3. The van der Waals surface area contributed by atoms with Gasteiger partial charge in [-0.3, -0.25) is 4.99 Å². The normalized spacial score (nSPS) is 12.5. The second-order valence-corrected chi connectivity index (χ2v) is 8.15. The number of rotatable bonds is 7. The van der Waals surface area contributed by atoms with E-state index in [1.54, 1.807) is 7.05 Å². The summed E-state index contributed by atoms with van der Waals surface area (Å²) in [5, 5.41) is 11.5. The number of hydrogen-bond acceptors (Lipinski definition) is 3. The van der Waals surface area contributed by atoms with E-state index in [4.69, 9.17) is 0 Å². The highest BCUT2D eigenvalue weighted by Crippen LogP contribution is 2.17. The minimum Gasteiger partial charge on any atom is -0.356 e. The van der Waals surface area contributed by atoms with Gasteiger partial charge in [0.25, 0.3) is 0 Å². The number of guanidine groups is 1. The zero-order chi connectivity index (χ0) is 20.0. The van der Waals surface area contributed by atoms with Crippen molar-refractivity contribution >= 4 is 5.96 Å². The van der Waals surface area contributed by atoms with E-state index in [1.165, 1.54) is 5.56 Å². The molecule has 0 spiro atoms. The van der Waals surface area contributed by atoms with Gasteiger partial charge in [0.1, 0.15) is 0 Å². The van der Waals surface area contributed by atoms with E-state index in [2.05, 4.69) is 84.8 Å². The van der Waals surface area contributed by atoms with Crippen LogP contribution in [0.5, 0.6) is 0 Å². The summed E-state index contributed by atoms with van der Waals surface area (Å²) in [7, 11) is 6.01. The van der Waals surface area contributed by atoms with Crippen molar-refractivity contribution in [1.29, 1.82) is 0 Å². The Morgan fingerprint density at radius 2 is 1.89 bits per heavy atom. The number of hydrogen-bond donors (Lipinski definition) is 2. The molecule has 6 nitrogen and oxygen atoms in total. The monoisotopic (exact) mass is 370 g/mol. The molecule has 0 saturated heterocycles. The molecule has 0 unspecified atom stereocenters. The van der Waals surface area contributed by atoms with Gasteiger partial charge in [-0.2, -0.15) is 5.10 Å². The Labute approximate surface area is 163 Å². The van der Waals surface area contributed by atoms with Crippen LogP contribution in [0.4, 0.5) is 0 Å². The maximum atomic E-state index is 4.62. The topological polar surface area (TPSA) is 57.5 Å². The number of aromatic nitrogens is 2. The van der Waals surface area contributed by atoms with Crippen LogP contribution >= 0.6 is 0 Å². The molecule has 0 aliphatic carbocycles. The molecule has 0 saturated carbocycles. The van der Waals surface area contributed by atoms with Crippen LogP contribution in [0.1, 0.15) is 30.8 Å². The molecule has 2 rings (SSSR count). The highest BCUT2D eigenvalue weighted by molar-refractivity contribution is 5.79. The van der Waals surface area contributed by atoms with Crippen molar-refractivity contribution in [3.8, 4) is 5.69 Å². The number of para-hydroxylation sites is 1. The first-order chi connectivity index (χ1) is 12.7. The second kappa shape index (κ2) is 9.04. The van der Waals surface area contributed by atoms with Gasteiger partial charge in [-0.15, -0.1) is 0 Å². The lowest BCUT2D eigenvalue weighted by Crippen LogP contribution is -2.44. The fraction of sp³-hybridized carbons (Fsp3) is 0.524. The average Bonchev–Trinajstić information content (AvgIpc) is 2.92. The van der Waals surface area contributed by atoms with Crippen molar-refractivity contribution in [2.45, 2.75) is 34.2 Å². The molecular weight excluding hydrogens is 336 g/mol. The molecule has 0 bridgehead atoms. The number of nitrogens with one attached hydrogen (secondary N) is 2. The molecule has 6 heteroatoms. The van der Waals surface area contributed by atoms with Gasteiger partial charge < -0.3 is 15.5 Å². The predicted molar refractivity (Wildman–Crippen MR) is 114 cm³/mol. The summed E-state index contributed by atoms with van der Waals surface area (Å²) in [4.78, 5) is 6.58. The van der Waals surface area contributed by atoms with Gasteiger partial charge in [0.05, 0.1) is 11.4 Å². The van der Waals surface area contributed by atoms with Gasteiger partial charge in [0, 0.05) is 32.4 Å². The van der Waals surface area contributed by atoms with Crippen LogP contribution < -0.4 is 10.6 Å². The Bertz CT molecular complexity index is 773. The van der Waals surface area contributed by atoms with Crippen LogP contribution in [-0.4, -0.2) is 54.9 Å². The number of aliphatic imine (C=N–C) groups is 1. The molecule has 1 aromatic carbocycles. The maximum absolute atomic E-state index is 4.62. The van der Waals surface area contributed by atoms with E-state index >= 15 is 0 Å². The van der Waals surface area contributed by atoms with Gasteiger partial charge in [0.15, 0.2) is 5.96 Å². The van der Waals surface area contributed by atoms with Gasteiger partial charge in [-0.05, 0) is 51.1 Å². The van der Waals surface area contributed by atoms with Crippen LogP contribution in [0.3, 0.4) is 0 Å². The van der Waals surface area contributed by atoms with Crippen LogP contribution in [0, 0.1) is 19.3 Å². The molecule has 2 aromatic rings. The molecule has 0 atom stereocenters. The van der Waals surface area contributed by atoms with Crippen molar-refractivity contribution in [1.82, 2.24) is 25.3 Å². The zero-order valence-corrected chi connectivity index (χ0v) is 17.8. The lowest BCUT2D eigenvalue weighted by Gasteiger charge is -2.29. The number of aryl methyl sites for hydroxylation is 2. The summed E-state index contributed by atoms with van der Waals surface area (Å²) in [6.07, 6.45) is 0. The highest BCUT2D eigenvalue weighted by Gasteiger charge is 2.19. The Morgan fingerprint density at radius 3 is 2.48 bits per heavy atom. The second-order valence-electron chi connectivity index (χ2n) is 8.15. The lowest BCUT2D eigenvalue weighted by molar-refractivity contribution is 0.241. The SMILES string of the molecule is CN=C(NCc1ccccc1-n1nc(C)cc1C)NCC(C)(C)CN(C)C. The third kappa shape index (κ3) is 6.10. The van der Waals surface area contributed by atoms with Crippen molar-refractivity contribution in [2.24, 2.45) is 10.4 Å². The molecule has 27 heavy (non-hydrogen) atoms. The predicted octanol–water partition coefficient (Wildman–Crippen LogP) is 2.74. The third-order valence-electron chi connectivity index (χ3n) is 4.38. The van der Waals surface area contributed by atoms with Crippen LogP contribution in [0.15, 0.2) is 35.3 Å². The van der Waals surface area contributed by atoms with Gasteiger partial charge in [0.2, 0.25) is 0 Å². The lowest BCUT2D eigenvalue weighted by atomic mass is 9.93. The summed E-state index contributed by atoms with van der Waals surface area (Å²) in [6, 6.07) is 10.4. The molecule has 148 valence electrons. The summed E-state index contributed by atoms with van der Waals surface area (Å²) >= 11 is 0. The summed E-state index contributed by atoms with van der Waals surface area (Å²) in [5.74, 6) is 0.810. The average molecular weight is 371 g/mol. The first-order valence-electron chi connectivity index (χ1n) is 9.42. The molecule has 0 radical (unpaired) electrons. The standard InChI is InChI=1S/C21H34N6/c1-16-12-17(2)27(25-16)19-11-9-8-10-18(19)13-23-20(22-5)24-14-21(3,4)15-26(6)7/h8-12H,13-15H2,1-7H3,(H2,22,23,24). The fourth-order valence-electron chi connectivity index (χ4n) is 3.37. The van der Waals surface area contributed by atoms with E-state index in [-0.39, 0.29) is 5.41 Å². The smallest absolute Gasteiger partial charge is 0.191 e. The van der Waals surface area contributed by atoms with E-state index in [1.807, 2.05) is 17.7 Å². The molecule has 1 aromatic heterocycles. The van der Waals surface area contributed by atoms with E-state index in [0.29, 0.717) is 6.54 Å². The van der Waals surface area contributed by atoms with Crippen LogP contribution in [-0.2, 0) is 6.54 Å². The Hall–Kier alpha value is -2.34. The van der Waals surface area contributed by atoms with Gasteiger partial charge in [-0.25, -0.2) is 4.68 Å². The van der Waals surface area contributed by atoms with Crippen molar-refractivity contribution < 1.29 is 0 Å². The minimum absolute atomic E-state index is 0.155. The van der Waals surface area contributed by atoms with Crippen molar-refractivity contribution in [3.05, 3.63) is 47.3 Å². The zero-order valence-electron chi connectivity index (χ0n) is 17.8. The van der Waals surface area contributed by atoms with E-state index in [9.17, 15) is 0 Å². The quantitative estimate of drug-likeness (QED) is 0.581. The molecule has 0 aliphatic rings.